The molecular weight excluding hydrogens is 474 g/mol. The van der Waals surface area contributed by atoms with Crippen molar-refractivity contribution in [3.05, 3.63) is 89.0 Å². The summed E-state index contributed by atoms with van der Waals surface area (Å²) in [6.07, 6.45) is 1.86. The number of aliphatic hydroxyl groups is 1. The number of hydrogen-bond donors (Lipinski definition) is 4. The van der Waals surface area contributed by atoms with Crippen LogP contribution in [0.1, 0.15) is 47.0 Å². The molecule has 0 spiro atoms. The van der Waals surface area contributed by atoms with Crippen molar-refractivity contribution in [3.8, 4) is 11.1 Å². The van der Waals surface area contributed by atoms with Crippen LogP contribution in [0.3, 0.4) is 0 Å². The molecule has 0 heterocycles. The Labute approximate surface area is 213 Å². The number of nitrogens with one attached hydrogen (secondary N) is 2. The lowest BCUT2D eigenvalue weighted by Gasteiger charge is -2.14. The first-order chi connectivity index (χ1) is 17.0. The highest BCUT2D eigenvalue weighted by Gasteiger charge is 2.17. The third-order valence-corrected chi connectivity index (χ3v) is 6.35. The second-order valence-electron chi connectivity index (χ2n) is 9.51. The maximum Gasteiger partial charge on any atom is 0.264 e. The van der Waals surface area contributed by atoms with Crippen molar-refractivity contribution in [2.45, 2.75) is 32.8 Å². The molecule has 0 radical (unpaired) electrons. The van der Waals surface area contributed by atoms with Crippen LogP contribution >= 0.6 is 0 Å². The molecule has 0 unspecified atom stereocenters. The number of hydrogen-bond acceptors (Lipinski definition) is 6. The van der Waals surface area contributed by atoms with Crippen LogP contribution in [0.2, 0.25) is 0 Å². The molecular formula is C28H35N3O4S. The Morgan fingerprint density at radius 3 is 2.22 bits per heavy atom. The van der Waals surface area contributed by atoms with Crippen LogP contribution in [0.4, 0.5) is 5.69 Å². The normalized spacial score (nSPS) is 12.5. The van der Waals surface area contributed by atoms with Crippen molar-refractivity contribution < 1.29 is 18.3 Å². The fourth-order valence-electron chi connectivity index (χ4n) is 4.00. The van der Waals surface area contributed by atoms with Gasteiger partial charge < -0.3 is 16.2 Å². The number of nitrogen functional groups attached to an aromatic ring is 1. The highest BCUT2D eigenvalue weighted by molar-refractivity contribution is 7.89. The molecule has 3 rings (SSSR count). The van der Waals surface area contributed by atoms with Crippen LogP contribution in [0.25, 0.3) is 11.1 Å². The van der Waals surface area contributed by atoms with Crippen molar-refractivity contribution in [1.29, 1.82) is 0 Å². The SMILES string of the molecule is CC(C)Cc1cc(-c2ccc(CCNC[C@H](O)c3ccc(N)cc3)cc2)ccc1C(=O)NS(C)(=O)=O. The second-order valence-corrected chi connectivity index (χ2v) is 11.3. The van der Waals surface area contributed by atoms with Gasteiger partial charge in [0.15, 0.2) is 0 Å². The Morgan fingerprint density at radius 2 is 1.61 bits per heavy atom. The third kappa shape index (κ3) is 8.19. The highest BCUT2D eigenvalue weighted by atomic mass is 32.2. The minimum atomic E-state index is -3.64. The summed E-state index contributed by atoms with van der Waals surface area (Å²) in [5.74, 6) is -0.303. The number of nitrogens with two attached hydrogens (primary N) is 1. The van der Waals surface area contributed by atoms with E-state index in [-0.39, 0.29) is 0 Å². The first-order valence-electron chi connectivity index (χ1n) is 12.0. The summed E-state index contributed by atoms with van der Waals surface area (Å²) in [5.41, 5.74) is 11.5. The van der Waals surface area contributed by atoms with Crippen molar-refractivity contribution in [3.63, 3.8) is 0 Å². The molecule has 1 atom stereocenters. The van der Waals surface area contributed by atoms with Gasteiger partial charge in [0, 0.05) is 17.8 Å². The van der Waals surface area contributed by atoms with Gasteiger partial charge in [-0.15, -0.1) is 0 Å². The molecule has 0 fully saturated rings. The van der Waals surface area contributed by atoms with E-state index in [4.69, 9.17) is 5.73 Å². The molecule has 7 nitrogen and oxygen atoms in total. The van der Waals surface area contributed by atoms with Gasteiger partial charge in [0.25, 0.3) is 5.91 Å². The lowest BCUT2D eigenvalue weighted by molar-refractivity contribution is 0.0980. The van der Waals surface area contributed by atoms with Crippen molar-refractivity contribution in [1.82, 2.24) is 10.0 Å². The van der Waals surface area contributed by atoms with Gasteiger partial charge in [-0.2, -0.15) is 0 Å². The summed E-state index contributed by atoms with van der Waals surface area (Å²) in [6, 6.07) is 21.0. The Morgan fingerprint density at radius 1 is 0.972 bits per heavy atom. The summed E-state index contributed by atoms with van der Waals surface area (Å²) >= 11 is 0. The number of anilines is 1. The largest absolute Gasteiger partial charge is 0.399 e. The summed E-state index contributed by atoms with van der Waals surface area (Å²) in [4.78, 5) is 12.5. The predicted octanol–water partition coefficient (Wildman–Crippen LogP) is 3.69. The molecule has 0 saturated carbocycles. The summed E-state index contributed by atoms with van der Waals surface area (Å²) in [7, 11) is -3.64. The van der Waals surface area contributed by atoms with E-state index in [2.05, 4.69) is 36.0 Å². The van der Waals surface area contributed by atoms with E-state index in [9.17, 15) is 18.3 Å². The molecule has 0 aliphatic carbocycles. The van der Waals surface area contributed by atoms with Gasteiger partial charge in [-0.1, -0.05) is 62.4 Å². The Hall–Kier alpha value is -3.20. The molecule has 0 aliphatic rings. The molecule has 36 heavy (non-hydrogen) atoms. The molecule has 5 N–H and O–H groups in total. The van der Waals surface area contributed by atoms with Gasteiger partial charge in [0.1, 0.15) is 0 Å². The van der Waals surface area contributed by atoms with Gasteiger partial charge in [-0.25, -0.2) is 13.1 Å². The van der Waals surface area contributed by atoms with Crippen LogP contribution in [0.15, 0.2) is 66.7 Å². The van der Waals surface area contributed by atoms with Crippen LogP contribution < -0.4 is 15.8 Å². The fraction of sp³-hybridized carbons (Fsp3) is 0.321. The van der Waals surface area contributed by atoms with Crippen LogP contribution in [-0.2, 0) is 22.9 Å². The minimum absolute atomic E-state index is 0.304. The van der Waals surface area contributed by atoms with E-state index in [1.165, 1.54) is 5.56 Å². The summed E-state index contributed by atoms with van der Waals surface area (Å²) < 4.78 is 25.1. The molecule has 0 aromatic heterocycles. The Balaban J connectivity index is 1.62. The smallest absolute Gasteiger partial charge is 0.264 e. The minimum Gasteiger partial charge on any atom is -0.399 e. The molecule has 192 valence electrons. The Bertz CT molecular complexity index is 1270. The van der Waals surface area contributed by atoms with Gasteiger partial charge in [0.2, 0.25) is 10.0 Å². The van der Waals surface area contributed by atoms with Gasteiger partial charge >= 0.3 is 0 Å². The number of amides is 1. The number of rotatable bonds is 11. The summed E-state index contributed by atoms with van der Waals surface area (Å²) in [6.45, 7) is 5.30. The lowest BCUT2D eigenvalue weighted by Crippen LogP contribution is -2.30. The van der Waals surface area contributed by atoms with Crippen LogP contribution in [0.5, 0.6) is 0 Å². The quantitative estimate of drug-likeness (QED) is 0.231. The third-order valence-electron chi connectivity index (χ3n) is 5.79. The highest BCUT2D eigenvalue weighted by Crippen LogP contribution is 2.25. The second kappa shape index (κ2) is 12.2. The van der Waals surface area contributed by atoms with Crippen molar-refractivity contribution >= 4 is 21.6 Å². The van der Waals surface area contributed by atoms with E-state index < -0.39 is 22.0 Å². The molecule has 0 saturated heterocycles. The number of benzene rings is 3. The predicted molar refractivity (Wildman–Crippen MR) is 145 cm³/mol. The maximum absolute atomic E-state index is 12.5. The maximum atomic E-state index is 12.5. The van der Waals surface area contributed by atoms with E-state index in [1.54, 1.807) is 18.2 Å². The van der Waals surface area contributed by atoms with E-state index in [0.717, 1.165) is 41.5 Å². The van der Waals surface area contributed by atoms with E-state index in [0.29, 0.717) is 30.1 Å². The monoisotopic (exact) mass is 509 g/mol. The number of carbonyl (C=O) groups is 1. The van der Waals surface area contributed by atoms with Gasteiger partial charge in [-0.05, 0) is 71.3 Å². The zero-order chi connectivity index (χ0) is 26.3. The lowest BCUT2D eigenvalue weighted by atomic mass is 9.93. The van der Waals surface area contributed by atoms with Gasteiger partial charge in [0.05, 0.1) is 12.4 Å². The number of sulfonamides is 1. The van der Waals surface area contributed by atoms with E-state index in [1.807, 2.05) is 36.4 Å². The zero-order valence-electron chi connectivity index (χ0n) is 21.0. The molecule has 1 amide bonds. The molecule has 0 aliphatic heterocycles. The number of carbonyl (C=O) groups excluding carboxylic acids is 1. The standard InChI is InChI=1S/C28H35N3O4S/c1-19(2)16-24-17-23(10-13-26(24)28(33)31-36(3,34)35)21-6-4-20(5-7-21)14-15-30-18-27(32)22-8-11-25(29)12-9-22/h4-13,17,19,27,30,32H,14-16,18,29H2,1-3H3,(H,31,33)/t27-/m0/s1. The summed E-state index contributed by atoms with van der Waals surface area (Å²) in [5, 5.41) is 13.6. The van der Waals surface area contributed by atoms with Crippen molar-refractivity contribution in [2.75, 3.05) is 25.1 Å². The van der Waals surface area contributed by atoms with Crippen LogP contribution in [-0.4, -0.2) is 38.8 Å². The number of aliphatic hydroxyl groups excluding tert-OH is 1. The zero-order valence-corrected chi connectivity index (χ0v) is 21.8. The molecule has 3 aromatic carbocycles. The Kier molecular flexibility index (Phi) is 9.25. The van der Waals surface area contributed by atoms with E-state index >= 15 is 0 Å². The fourth-order valence-corrected chi connectivity index (χ4v) is 4.44. The van der Waals surface area contributed by atoms with Crippen molar-refractivity contribution in [2.24, 2.45) is 5.92 Å². The first kappa shape index (κ1) is 27.4. The van der Waals surface area contributed by atoms with Gasteiger partial charge in [-0.3, -0.25) is 4.79 Å². The topological polar surface area (TPSA) is 122 Å². The molecule has 0 bridgehead atoms. The van der Waals surface area contributed by atoms with Crippen LogP contribution in [0, 0.1) is 5.92 Å². The first-order valence-corrected chi connectivity index (χ1v) is 13.9. The molecule has 8 heteroatoms. The average molecular weight is 510 g/mol. The average Bonchev–Trinajstić information content (AvgIpc) is 2.81. The molecule has 3 aromatic rings.